The summed E-state index contributed by atoms with van der Waals surface area (Å²) < 4.78 is 195. The molecule has 0 bridgehead atoms. The van der Waals surface area contributed by atoms with Crippen LogP contribution in [0.5, 0.6) is 0 Å². The highest BCUT2D eigenvalue weighted by Crippen LogP contribution is 2.64. The molecule has 0 saturated heterocycles. The molecule has 0 aliphatic heterocycles. The van der Waals surface area contributed by atoms with E-state index in [2.05, 4.69) is 6.58 Å². The summed E-state index contributed by atoms with van der Waals surface area (Å²) in [6, 6.07) is 0. The molecule has 0 radical (unpaired) electrons. The Bertz CT molecular complexity index is 660. The fraction of sp³-hybridized carbons (Fsp3) is 0.769. The third-order valence-electron chi connectivity index (χ3n) is 3.74. The second-order valence-electron chi connectivity index (χ2n) is 5.84. The first-order chi connectivity index (χ1) is 12.8. The van der Waals surface area contributed by atoms with Crippen LogP contribution in [0.2, 0.25) is 0 Å². The van der Waals surface area contributed by atoms with E-state index in [1.165, 1.54) is 0 Å². The Labute approximate surface area is 156 Å². The third kappa shape index (κ3) is 4.15. The lowest BCUT2D eigenvalue weighted by atomic mass is 9.80. The van der Waals surface area contributed by atoms with Crippen molar-refractivity contribution < 1.29 is 75.8 Å². The number of hydrogen-bond donors (Lipinski definition) is 1. The Kier molecular flexibility index (Phi) is 7.22. The van der Waals surface area contributed by atoms with Gasteiger partial charge in [-0.15, -0.1) is 0 Å². The minimum Gasteiger partial charge on any atom is -0.478 e. The number of carbonyl (C=O) groups is 1. The average molecular weight is 482 g/mol. The lowest BCUT2D eigenvalue weighted by molar-refractivity contribution is -0.457. The van der Waals surface area contributed by atoms with Crippen LogP contribution in [0.25, 0.3) is 0 Å². The fourth-order valence-electron chi connectivity index (χ4n) is 1.99. The van der Waals surface area contributed by atoms with Crippen LogP contribution in [0, 0.1) is 0 Å². The van der Waals surface area contributed by atoms with E-state index < -0.39 is 72.5 Å². The van der Waals surface area contributed by atoms with Crippen molar-refractivity contribution in [1.82, 2.24) is 0 Å². The van der Waals surface area contributed by atoms with Crippen LogP contribution in [-0.2, 0) is 4.79 Å². The summed E-state index contributed by atoms with van der Waals surface area (Å²) in [4.78, 5) is 10.3. The fourth-order valence-corrected chi connectivity index (χ4v) is 1.99. The average Bonchev–Trinajstić information content (AvgIpc) is 2.50. The van der Waals surface area contributed by atoms with Gasteiger partial charge >= 0.3 is 47.7 Å². The van der Waals surface area contributed by atoms with Gasteiger partial charge in [0.25, 0.3) is 0 Å². The monoisotopic (exact) mass is 482 g/mol. The molecule has 0 rings (SSSR count). The Morgan fingerprint density at radius 1 is 0.667 bits per heavy atom. The first-order valence-corrected chi connectivity index (χ1v) is 7.07. The molecule has 0 aliphatic carbocycles. The van der Waals surface area contributed by atoms with Crippen molar-refractivity contribution in [2.24, 2.45) is 0 Å². The first-order valence-electron chi connectivity index (χ1n) is 7.07. The van der Waals surface area contributed by atoms with Crippen LogP contribution < -0.4 is 0 Å². The van der Waals surface area contributed by atoms with Crippen LogP contribution in [-0.4, -0.2) is 52.8 Å². The molecular formula is C13H9F15O2. The van der Waals surface area contributed by atoms with Crippen molar-refractivity contribution >= 4 is 5.97 Å². The first kappa shape index (κ1) is 28.2. The summed E-state index contributed by atoms with van der Waals surface area (Å²) in [5.41, 5.74) is -9.38. The second-order valence-corrected chi connectivity index (χ2v) is 5.84. The van der Waals surface area contributed by atoms with Gasteiger partial charge in [0, 0.05) is 12.0 Å². The summed E-state index contributed by atoms with van der Waals surface area (Å²) in [6.45, 7) is 2.69. The molecule has 2 nitrogen and oxygen atoms in total. The van der Waals surface area contributed by atoms with Gasteiger partial charge in [0.1, 0.15) is 0 Å². The summed E-state index contributed by atoms with van der Waals surface area (Å²) in [5.74, 6) is -32.9. The van der Waals surface area contributed by atoms with Gasteiger partial charge in [-0.3, -0.25) is 0 Å². The summed E-state index contributed by atoms with van der Waals surface area (Å²) in [5, 5.41) is 8.35. The maximum Gasteiger partial charge on any atom is 0.460 e. The summed E-state index contributed by atoms with van der Waals surface area (Å²) in [7, 11) is 0. The molecule has 0 fully saturated rings. The molecule has 1 N–H and O–H groups in total. The molecule has 0 aromatic carbocycles. The Morgan fingerprint density at radius 3 is 1.37 bits per heavy atom. The standard InChI is InChI=1S/C13H9F15O2/c1-5(6(29)30)3-2-4-7(14,15)9(17,18)8(16,12(23,24)25)10(19,20)11(21,22)13(26,27)28/h1-4H2,(H,29,30). The molecule has 17 heteroatoms. The minimum atomic E-state index is -8.45. The van der Waals surface area contributed by atoms with E-state index in [4.69, 9.17) is 5.11 Å². The number of halogens is 15. The molecule has 0 heterocycles. The maximum absolute atomic E-state index is 13.9. The molecule has 1 unspecified atom stereocenters. The van der Waals surface area contributed by atoms with Gasteiger partial charge in [-0.25, -0.2) is 9.18 Å². The van der Waals surface area contributed by atoms with E-state index in [9.17, 15) is 70.7 Å². The zero-order valence-electron chi connectivity index (χ0n) is 13.9. The highest BCUT2D eigenvalue weighted by Gasteiger charge is 2.96. The van der Waals surface area contributed by atoms with Crippen molar-refractivity contribution in [3.05, 3.63) is 12.2 Å². The predicted molar refractivity (Wildman–Crippen MR) is 66.4 cm³/mol. The van der Waals surface area contributed by atoms with Crippen molar-refractivity contribution in [3.63, 3.8) is 0 Å². The van der Waals surface area contributed by atoms with E-state index in [0.717, 1.165) is 0 Å². The van der Waals surface area contributed by atoms with Gasteiger partial charge in [-0.1, -0.05) is 6.58 Å². The van der Waals surface area contributed by atoms with Crippen molar-refractivity contribution in [1.29, 1.82) is 0 Å². The Hall–Kier alpha value is -1.84. The smallest absolute Gasteiger partial charge is 0.460 e. The van der Waals surface area contributed by atoms with Crippen LogP contribution in [0.15, 0.2) is 12.2 Å². The van der Waals surface area contributed by atoms with Gasteiger partial charge in [0.15, 0.2) is 0 Å². The molecule has 30 heavy (non-hydrogen) atoms. The molecule has 0 spiro atoms. The summed E-state index contributed by atoms with van der Waals surface area (Å²) in [6.07, 6.45) is -21.3. The number of alkyl halides is 15. The molecule has 0 aromatic heterocycles. The number of carboxylic acid groups (broad SMARTS) is 1. The molecule has 0 aromatic rings. The maximum atomic E-state index is 13.9. The van der Waals surface area contributed by atoms with Crippen molar-refractivity contribution in [2.75, 3.05) is 0 Å². The Morgan fingerprint density at radius 2 is 1.07 bits per heavy atom. The molecule has 1 atom stereocenters. The molecule has 0 amide bonds. The molecule has 0 saturated carbocycles. The number of carboxylic acids is 1. The van der Waals surface area contributed by atoms with E-state index in [1.54, 1.807) is 0 Å². The zero-order valence-corrected chi connectivity index (χ0v) is 13.9. The van der Waals surface area contributed by atoms with Gasteiger partial charge in [-0.05, 0) is 12.8 Å². The van der Waals surface area contributed by atoms with Crippen LogP contribution in [0.3, 0.4) is 0 Å². The summed E-state index contributed by atoms with van der Waals surface area (Å²) >= 11 is 0. The SMILES string of the molecule is C=C(CCCC(F)(F)C(F)(F)C(F)(C(F)(F)F)C(F)(F)C(F)(F)C(F)(F)F)C(=O)O. The molecular weight excluding hydrogens is 473 g/mol. The highest BCUT2D eigenvalue weighted by molar-refractivity contribution is 5.85. The van der Waals surface area contributed by atoms with Gasteiger partial charge < -0.3 is 5.11 Å². The van der Waals surface area contributed by atoms with E-state index in [1.807, 2.05) is 0 Å². The molecule has 178 valence electrons. The zero-order chi connectivity index (χ0) is 24.8. The van der Waals surface area contributed by atoms with Crippen molar-refractivity contribution in [3.8, 4) is 0 Å². The van der Waals surface area contributed by atoms with Crippen LogP contribution >= 0.6 is 0 Å². The lowest BCUT2D eigenvalue weighted by Gasteiger charge is -2.44. The normalized spacial score (nSPS) is 16.9. The van der Waals surface area contributed by atoms with Gasteiger partial charge in [0.05, 0.1) is 0 Å². The lowest BCUT2D eigenvalue weighted by Crippen LogP contribution is -2.77. The van der Waals surface area contributed by atoms with E-state index >= 15 is 0 Å². The van der Waals surface area contributed by atoms with E-state index in [0.29, 0.717) is 0 Å². The highest BCUT2D eigenvalue weighted by atomic mass is 19.4. The largest absolute Gasteiger partial charge is 0.478 e. The van der Waals surface area contributed by atoms with Gasteiger partial charge in [-0.2, -0.15) is 61.5 Å². The van der Waals surface area contributed by atoms with Crippen LogP contribution in [0.1, 0.15) is 19.3 Å². The second kappa shape index (κ2) is 7.69. The van der Waals surface area contributed by atoms with Crippen molar-refractivity contribution in [2.45, 2.75) is 61.0 Å². The minimum absolute atomic E-state index is 0.995. The third-order valence-corrected chi connectivity index (χ3v) is 3.74. The van der Waals surface area contributed by atoms with E-state index in [-0.39, 0.29) is 0 Å². The quantitative estimate of drug-likeness (QED) is 0.315. The Balaban J connectivity index is 6.48. The number of rotatable bonds is 9. The topological polar surface area (TPSA) is 37.3 Å². The number of aliphatic carboxylic acids is 1. The number of hydrogen-bond acceptors (Lipinski definition) is 1. The van der Waals surface area contributed by atoms with Crippen LogP contribution in [0.4, 0.5) is 65.9 Å². The van der Waals surface area contributed by atoms with Gasteiger partial charge in [0.2, 0.25) is 0 Å². The molecule has 0 aliphatic rings. The predicted octanol–water partition coefficient (Wildman–Crippen LogP) is 6.17.